The van der Waals surface area contributed by atoms with Gasteiger partial charge >= 0.3 is 0 Å². The molecule has 2 aliphatic heterocycles. The largest absolute Gasteiger partial charge is 0.321 e. The van der Waals surface area contributed by atoms with Crippen LogP contribution in [0.15, 0.2) is 0 Å². The normalized spacial score (nSPS) is 29.3. The highest BCUT2D eigenvalue weighted by Gasteiger charge is 2.24. The number of aromatic nitrogens is 3. The third kappa shape index (κ3) is 1.86. The summed E-state index contributed by atoms with van der Waals surface area (Å²) < 4.78 is 2.26. The zero-order valence-electron chi connectivity index (χ0n) is 9.43. The molecule has 88 valence electrons. The van der Waals surface area contributed by atoms with Gasteiger partial charge in [-0.3, -0.25) is 0 Å². The maximum Gasteiger partial charge on any atom is 0.149 e. The van der Waals surface area contributed by atoms with Gasteiger partial charge in [0.15, 0.2) is 0 Å². The van der Waals surface area contributed by atoms with Crippen molar-refractivity contribution in [2.75, 3.05) is 11.5 Å². The molecule has 0 amide bonds. The van der Waals surface area contributed by atoms with Crippen molar-refractivity contribution >= 4 is 11.8 Å². The van der Waals surface area contributed by atoms with Crippen molar-refractivity contribution in [2.24, 2.45) is 11.7 Å². The summed E-state index contributed by atoms with van der Waals surface area (Å²) in [4.78, 5) is 0. The van der Waals surface area contributed by atoms with Gasteiger partial charge in [0.25, 0.3) is 0 Å². The fourth-order valence-corrected chi connectivity index (χ4v) is 3.90. The van der Waals surface area contributed by atoms with E-state index >= 15 is 0 Å². The molecule has 1 fully saturated rings. The van der Waals surface area contributed by atoms with Crippen molar-refractivity contribution in [1.82, 2.24) is 14.8 Å². The monoisotopic (exact) mass is 238 g/mol. The first-order valence-electron chi connectivity index (χ1n) is 6.10. The van der Waals surface area contributed by atoms with Crippen LogP contribution in [0.25, 0.3) is 0 Å². The van der Waals surface area contributed by atoms with E-state index in [4.69, 9.17) is 5.73 Å². The second kappa shape index (κ2) is 4.37. The Labute approximate surface area is 100.0 Å². The van der Waals surface area contributed by atoms with Crippen molar-refractivity contribution in [3.63, 3.8) is 0 Å². The molecule has 5 heteroatoms. The predicted octanol–water partition coefficient (Wildman–Crippen LogP) is 1.37. The van der Waals surface area contributed by atoms with Crippen LogP contribution in [0.3, 0.4) is 0 Å². The minimum Gasteiger partial charge on any atom is -0.321 e. The Kier molecular flexibility index (Phi) is 2.90. The second-order valence-corrected chi connectivity index (χ2v) is 5.96. The summed E-state index contributed by atoms with van der Waals surface area (Å²) in [7, 11) is 0. The van der Waals surface area contributed by atoms with Crippen LogP contribution in [0.1, 0.15) is 37.0 Å². The van der Waals surface area contributed by atoms with Gasteiger partial charge in [0, 0.05) is 13.0 Å². The Bertz CT molecular complexity index is 370. The quantitative estimate of drug-likeness (QED) is 0.845. The molecule has 4 nitrogen and oxygen atoms in total. The maximum absolute atomic E-state index is 6.04. The average molecular weight is 238 g/mol. The average Bonchev–Trinajstić information content (AvgIpc) is 2.90. The molecule has 0 aromatic carbocycles. The van der Waals surface area contributed by atoms with Gasteiger partial charge in [-0.05, 0) is 36.7 Å². The first-order chi connectivity index (χ1) is 7.84. The van der Waals surface area contributed by atoms with Gasteiger partial charge in [0.05, 0.1) is 6.04 Å². The fourth-order valence-electron chi connectivity index (χ4n) is 2.62. The van der Waals surface area contributed by atoms with E-state index in [1.165, 1.54) is 24.3 Å². The van der Waals surface area contributed by atoms with Crippen LogP contribution in [-0.4, -0.2) is 26.3 Å². The second-order valence-electron chi connectivity index (χ2n) is 4.81. The number of fused-ring (bicyclic) bond motifs is 1. The summed E-state index contributed by atoms with van der Waals surface area (Å²) in [5.74, 6) is 5.57. The van der Waals surface area contributed by atoms with Crippen LogP contribution in [0.4, 0.5) is 0 Å². The maximum atomic E-state index is 6.04. The Morgan fingerprint density at radius 2 is 2.31 bits per heavy atom. The molecule has 3 rings (SSSR count). The molecule has 2 atom stereocenters. The molecule has 0 radical (unpaired) electrons. The summed E-state index contributed by atoms with van der Waals surface area (Å²) in [6.07, 6.45) is 4.64. The van der Waals surface area contributed by atoms with E-state index in [1.54, 1.807) is 0 Å². The Morgan fingerprint density at radius 1 is 1.38 bits per heavy atom. The lowest BCUT2D eigenvalue weighted by molar-refractivity contribution is 0.434. The number of hydrogen-bond acceptors (Lipinski definition) is 4. The van der Waals surface area contributed by atoms with Gasteiger partial charge in [0.2, 0.25) is 0 Å². The summed E-state index contributed by atoms with van der Waals surface area (Å²) in [5.41, 5.74) is 6.04. The molecule has 2 N–H and O–H groups in total. The molecule has 0 saturated carbocycles. The van der Waals surface area contributed by atoms with Gasteiger partial charge in [-0.2, -0.15) is 11.8 Å². The number of hydrogen-bond donors (Lipinski definition) is 1. The molecular formula is C11H18N4S. The van der Waals surface area contributed by atoms with Crippen LogP contribution in [0.5, 0.6) is 0 Å². The van der Waals surface area contributed by atoms with Gasteiger partial charge in [-0.1, -0.05) is 0 Å². The first-order valence-corrected chi connectivity index (χ1v) is 7.25. The molecule has 0 bridgehead atoms. The third-order valence-electron chi connectivity index (χ3n) is 3.58. The minimum atomic E-state index is 0.105. The highest BCUT2D eigenvalue weighted by atomic mass is 32.2. The fraction of sp³-hybridized carbons (Fsp3) is 0.818. The number of rotatable bonds is 2. The van der Waals surface area contributed by atoms with E-state index < -0.39 is 0 Å². The number of nitrogens with zero attached hydrogens (tertiary/aromatic N) is 3. The molecule has 1 saturated heterocycles. The first kappa shape index (κ1) is 10.6. The molecule has 2 aliphatic rings. The number of thioether (sulfide) groups is 1. The lowest BCUT2D eigenvalue weighted by atomic mass is 10.0. The molecule has 2 unspecified atom stereocenters. The smallest absolute Gasteiger partial charge is 0.149 e. The lowest BCUT2D eigenvalue weighted by Crippen LogP contribution is -2.23. The van der Waals surface area contributed by atoms with Gasteiger partial charge in [0.1, 0.15) is 11.6 Å². The summed E-state index contributed by atoms with van der Waals surface area (Å²) >= 11 is 2.06. The van der Waals surface area contributed by atoms with E-state index in [-0.39, 0.29) is 6.04 Å². The van der Waals surface area contributed by atoms with Gasteiger partial charge < -0.3 is 10.3 Å². The lowest BCUT2D eigenvalue weighted by Gasteiger charge is -2.20. The standard InChI is InChI=1S/C11H18N4S/c12-9-2-1-4-15-10(13-14-11(9)15)6-8-3-5-16-7-8/h8-9H,1-7,12H2. The summed E-state index contributed by atoms with van der Waals surface area (Å²) in [6.45, 7) is 1.06. The Morgan fingerprint density at radius 3 is 3.12 bits per heavy atom. The van der Waals surface area contributed by atoms with Crippen molar-refractivity contribution < 1.29 is 0 Å². The predicted molar refractivity (Wildman–Crippen MR) is 65.3 cm³/mol. The van der Waals surface area contributed by atoms with Crippen LogP contribution < -0.4 is 5.73 Å². The molecule has 16 heavy (non-hydrogen) atoms. The van der Waals surface area contributed by atoms with Crippen molar-refractivity contribution in [2.45, 2.75) is 38.3 Å². The third-order valence-corrected chi connectivity index (χ3v) is 4.81. The van der Waals surface area contributed by atoms with Crippen LogP contribution >= 0.6 is 11.8 Å². The highest BCUT2D eigenvalue weighted by Crippen LogP contribution is 2.28. The Balaban J connectivity index is 1.79. The molecule has 1 aromatic heterocycles. The Hall–Kier alpha value is -0.550. The zero-order chi connectivity index (χ0) is 11.0. The van der Waals surface area contributed by atoms with E-state index in [9.17, 15) is 0 Å². The minimum absolute atomic E-state index is 0.105. The molecule has 3 heterocycles. The zero-order valence-corrected chi connectivity index (χ0v) is 10.2. The molecular weight excluding hydrogens is 220 g/mol. The van der Waals surface area contributed by atoms with Crippen LogP contribution in [0.2, 0.25) is 0 Å². The number of nitrogens with two attached hydrogens (primary N) is 1. The topological polar surface area (TPSA) is 56.7 Å². The van der Waals surface area contributed by atoms with Gasteiger partial charge in [-0.15, -0.1) is 10.2 Å². The van der Waals surface area contributed by atoms with Crippen molar-refractivity contribution in [1.29, 1.82) is 0 Å². The SMILES string of the molecule is NC1CCCn2c(CC3CCSC3)nnc21. The van der Waals surface area contributed by atoms with Gasteiger partial charge in [-0.25, -0.2) is 0 Å². The van der Waals surface area contributed by atoms with Crippen molar-refractivity contribution in [3.05, 3.63) is 11.6 Å². The van der Waals surface area contributed by atoms with Crippen LogP contribution in [-0.2, 0) is 13.0 Å². The highest BCUT2D eigenvalue weighted by molar-refractivity contribution is 7.99. The van der Waals surface area contributed by atoms with E-state index in [1.807, 2.05) is 0 Å². The molecule has 0 spiro atoms. The molecule has 0 aliphatic carbocycles. The summed E-state index contributed by atoms with van der Waals surface area (Å²) in [6, 6.07) is 0.105. The van der Waals surface area contributed by atoms with E-state index in [0.717, 1.165) is 37.0 Å². The van der Waals surface area contributed by atoms with E-state index in [0.29, 0.717) is 0 Å². The molecule has 1 aromatic rings. The van der Waals surface area contributed by atoms with E-state index in [2.05, 4.69) is 26.5 Å². The summed E-state index contributed by atoms with van der Waals surface area (Å²) in [5, 5.41) is 8.60. The van der Waals surface area contributed by atoms with Crippen LogP contribution in [0, 0.1) is 5.92 Å². The van der Waals surface area contributed by atoms with Crippen molar-refractivity contribution in [3.8, 4) is 0 Å².